The van der Waals surface area contributed by atoms with Crippen LogP contribution in [0.1, 0.15) is 33.3 Å². The Balaban J connectivity index is 2.46. The van der Waals surface area contributed by atoms with Crippen molar-refractivity contribution < 1.29 is 26.4 Å². The summed E-state index contributed by atoms with van der Waals surface area (Å²) in [6.45, 7) is 6.59. The molecule has 10 heteroatoms. The molecule has 6 nitrogen and oxygen atoms in total. The Kier molecular flexibility index (Phi) is 7.15. The van der Waals surface area contributed by atoms with Crippen LogP contribution in [0.5, 0.6) is 0 Å². The topological polar surface area (TPSA) is 78.8 Å². The van der Waals surface area contributed by atoms with Crippen molar-refractivity contribution in [1.29, 1.82) is 0 Å². The highest BCUT2D eigenvalue weighted by atomic mass is 32.2. The summed E-state index contributed by atoms with van der Waals surface area (Å²) < 4.78 is 66.5. The molecule has 2 aromatic rings. The molecule has 0 heterocycles. The summed E-state index contributed by atoms with van der Waals surface area (Å²) >= 11 is 0. The Labute approximate surface area is 179 Å². The highest BCUT2D eigenvalue weighted by Gasteiger charge is 2.33. The number of hydrogen-bond donors (Lipinski definition) is 1. The van der Waals surface area contributed by atoms with Crippen LogP contribution in [0.3, 0.4) is 0 Å². The van der Waals surface area contributed by atoms with Crippen molar-refractivity contribution >= 4 is 27.3 Å². The average molecular weight is 456 g/mol. The smallest absolute Gasteiger partial charge is 0.271 e. The molecule has 0 spiro atoms. The van der Waals surface area contributed by atoms with E-state index in [2.05, 4.69) is 10.5 Å². The first kappa shape index (κ1) is 24.4. The molecule has 1 N–H and O–H groups in total. The fourth-order valence-corrected chi connectivity index (χ4v) is 3.79. The highest BCUT2D eigenvalue weighted by molar-refractivity contribution is 7.92. The van der Waals surface area contributed by atoms with Crippen LogP contribution in [0.25, 0.3) is 0 Å². The van der Waals surface area contributed by atoms with Crippen LogP contribution < -0.4 is 9.73 Å². The molecule has 0 saturated carbocycles. The van der Waals surface area contributed by atoms with Crippen molar-refractivity contribution in [3.8, 4) is 0 Å². The number of hydrogen-bond acceptors (Lipinski definition) is 4. The highest BCUT2D eigenvalue weighted by Crippen LogP contribution is 2.33. The van der Waals surface area contributed by atoms with Crippen LogP contribution in [-0.2, 0) is 21.0 Å². The molecule has 0 bridgehead atoms. The van der Waals surface area contributed by atoms with E-state index in [0.717, 1.165) is 12.1 Å². The van der Waals surface area contributed by atoms with Gasteiger partial charge in [0.15, 0.2) is 0 Å². The Morgan fingerprint density at radius 3 is 2.19 bits per heavy atom. The van der Waals surface area contributed by atoms with Gasteiger partial charge in [0.05, 0.1) is 16.1 Å². The number of sulfonamides is 1. The van der Waals surface area contributed by atoms with Crippen LogP contribution in [0, 0.1) is 5.41 Å². The number of nitrogens with one attached hydrogen (secondary N) is 1. The Morgan fingerprint density at radius 2 is 1.65 bits per heavy atom. The second-order valence-electron chi connectivity index (χ2n) is 7.86. The van der Waals surface area contributed by atoms with E-state index in [4.69, 9.17) is 0 Å². The van der Waals surface area contributed by atoms with Crippen LogP contribution in [0.4, 0.5) is 18.9 Å². The molecule has 0 radical (unpaired) electrons. The molecule has 0 aromatic heterocycles. The van der Waals surface area contributed by atoms with E-state index >= 15 is 0 Å². The molecule has 31 heavy (non-hydrogen) atoms. The second-order valence-corrected chi connectivity index (χ2v) is 9.72. The summed E-state index contributed by atoms with van der Waals surface area (Å²) in [5.41, 5.74) is 1.23. The quantitative estimate of drug-likeness (QED) is 0.517. The van der Waals surface area contributed by atoms with E-state index in [9.17, 15) is 26.4 Å². The van der Waals surface area contributed by atoms with E-state index in [0.29, 0.717) is 16.1 Å². The minimum Gasteiger partial charge on any atom is -0.271 e. The number of hydrazone groups is 1. The summed E-state index contributed by atoms with van der Waals surface area (Å²) in [5.74, 6) is -0.791. The predicted octanol–water partition coefficient (Wildman–Crippen LogP) is 4.44. The van der Waals surface area contributed by atoms with Crippen molar-refractivity contribution in [2.75, 3.05) is 10.8 Å². The summed E-state index contributed by atoms with van der Waals surface area (Å²) in [7, 11) is -4.32. The van der Waals surface area contributed by atoms with Gasteiger partial charge in [0.25, 0.3) is 15.9 Å². The van der Waals surface area contributed by atoms with E-state index < -0.39 is 34.2 Å². The van der Waals surface area contributed by atoms with Gasteiger partial charge in [0.1, 0.15) is 6.54 Å². The molecular formula is C21H24F3N3O3S. The zero-order chi connectivity index (χ0) is 23.4. The van der Waals surface area contributed by atoms with Gasteiger partial charge in [-0.1, -0.05) is 45.0 Å². The molecule has 0 saturated heterocycles. The minimum absolute atomic E-state index is 0.158. The van der Waals surface area contributed by atoms with Gasteiger partial charge in [0, 0.05) is 11.1 Å². The number of carbonyl (C=O) groups excluding carboxylic acids is 1. The maximum absolute atomic E-state index is 13.2. The lowest BCUT2D eigenvalue weighted by Gasteiger charge is -2.24. The predicted molar refractivity (Wildman–Crippen MR) is 113 cm³/mol. The van der Waals surface area contributed by atoms with Crippen molar-refractivity contribution in [2.45, 2.75) is 38.8 Å². The van der Waals surface area contributed by atoms with E-state index in [-0.39, 0.29) is 16.0 Å². The first-order chi connectivity index (χ1) is 14.2. The number of halogens is 3. The molecule has 0 aliphatic heterocycles. The van der Waals surface area contributed by atoms with Gasteiger partial charge < -0.3 is 0 Å². The van der Waals surface area contributed by atoms with Crippen LogP contribution in [0.15, 0.2) is 64.6 Å². The molecule has 2 rings (SSSR count). The average Bonchev–Trinajstić information content (AvgIpc) is 2.69. The normalized spacial score (nSPS) is 13.1. The molecule has 0 atom stereocenters. The summed E-state index contributed by atoms with van der Waals surface area (Å²) in [5, 5.41) is 3.97. The summed E-state index contributed by atoms with van der Waals surface area (Å²) in [4.78, 5) is 12.3. The maximum atomic E-state index is 13.2. The van der Waals surface area contributed by atoms with Gasteiger partial charge in [-0.2, -0.15) is 18.3 Å². The first-order valence-corrected chi connectivity index (χ1v) is 10.8. The van der Waals surface area contributed by atoms with Gasteiger partial charge in [-0.05, 0) is 37.3 Å². The Hall–Kier alpha value is -2.88. The zero-order valence-electron chi connectivity index (χ0n) is 17.6. The number of carbonyl (C=O) groups is 1. The van der Waals surface area contributed by atoms with Crippen molar-refractivity contribution in [3.63, 3.8) is 0 Å². The summed E-state index contributed by atoms with van der Waals surface area (Å²) in [6, 6.07) is 11.0. The summed E-state index contributed by atoms with van der Waals surface area (Å²) in [6.07, 6.45) is -4.67. The lowest BCUT2D eigenvalue weighted by atomic mass is 9.91. The number of alkyl halides is 3. The van der Waals surface area contributed by atoms with E-state index in [1.165, 1.54) is 30.3 Å². The molecule has 0 aliphatic carbocycles. The van der Waals surface area contributed by atoms with Crippen molar-refractivity contribution in [3.05, 3.63) is 60.2 Å². The number of amides is 1. The standard InChI is InChI=1S/C21H24F3N3O3S/c1-15(20(2,3)4)25-26-19(28)14-27(31(29,30)18-11-6-5-7-12-18)17-10-8-9-16(13-17)21(22,23)24/h5-13H,14H2,1-4H3,(H,26,28)/b25-15-. The number of rotatable bonds is 6. The van der Waals surface area contributed by atoms with Gasteiger partial charge in [-0.25, -0.2) is 13.8 Å². The van der Waals surface area contributed by atoms with Gasteiger partial charge >= 0.3 is 6.18 Å². The van der Waals surface area contributed by atoms with Gasteiger partial charge in [-0.3, -0.25) is 9.10 Å². The lowest BCUT2D eigenvalue weighted by molar-refractivity contribution is -0.137. The van der Waals surface area contributed by atoms with Gasteiger partial charge in [0.2, 0.25) is 0 Å². The van der Waals surface area contributed by atoms with Crippen LogP contribution in [0.2, 0.25) is 0 Å². The zero-order valence-corrected chi connectivity index (χ0v) is 18.4. The fourth-order valence-electron chi connectivity index (χ4n) is 2.35. The van der Waals surface area contributed by atoms with E-state index in [1.807, 2.05) is 20.8 Å². The number of nitrogens with zero attached hydrogens (tertiary/aromatic N) is 2. The number of benzene rings is 2. The largest absolute Gasteiger partial charge is 0.416 e. The Bertz CT molecular complexity index is 1060. The second kappa shape index (κ2) is 9.09. The SMILES string of the molecule is C/C(=N/NC(=O)CN(c1cccc(C(F)(F)F)c1)S(=O)(=O)c1ccccc1)C(C)(C)C. The molecule has 0 aliphatic rings. The lowest BCUT2D eigenvalue weighted by Crippen LogP contribution is -2.40. The molecule has 0 unspecified atom stereocenters. The molecule has 0 fully saturated rings. The van der Waals surface area contributed by atoms with Crippen LogP contribution in [-0.4, -0.2) is 26.6 Å². The molecule has 168 valence electrons. The fraction of sp³-hybridized carbons (Fsp3) is 0.333. The third-order valence-corrected chi connectivity index (χ3v) is 6.30. The molecular weight excluding hydrogens is 431 g/mol. The van der Waals surface area contributed by atoms with E-state index in [1.54, 1.807) is 13.0 Å². The third-order valence-electron chi connectivity index (χ3n) is 4.51. The molecule has 1 amide bonds. The van der Waals surface area contributed by atoms with Crippen molar-refractivity contribution in [2.24, 2.45) is 10.5 Å². The molecule has 2 aromatic carbocycles. The number of anilines is 1. The monoisotopic (exact) mass is 455 g/mol. The van der Waals surface area contributed by atoms with Gasteiger partial charge in [-0.15, -0.1) is 0 Å². The van der Waals surface area contributed by atoms with Crippen molar-refractivity contribution in [1.82, 2.24) is 5.43 Å². The minimum atomic E-state index is -4.67. The first-order valence-electron chi connectivity index (χ1n) is 9.31. The Morgan fingerprint density at radius 1 is 1.03 bits per heavy atom. The third kappa shape index (κ3) is 6.30. The maximum Gasteiger partial charge on any atom is 0.416 e. The van der Waals surface area contributed by atoms with Crippen LogP contribution >= 0.6 is 0 Å².